The second-order valence-corrected chi connectivity index (χ2v) is 5.19. The van der Waals surface area contributed by atoms with Gasteiger partial charge in [0.15, 0.2) is 5.69 Å². The summed E-state index contributed by atoms with van der Waals surface area (Å²) in [5, 5.41) is 31.1. The van der Waals surface area contributed by atoms with Crippen LogP contribution in [0.2, 0.25) is 0 Å². The van der Waals surface area contributed by atoms with E-state index >= 15 is 0 Å². The number of aromatic amines is 1. The molecule has 1 aromatic heterocycles. The third-order valence-electron chi connectivity index (χ3n) is 3.48. The lowest BCUT2D eigenvalue weighted by molar-refractivity contribution is -0.384. The predicted molar refractivity (Wildman–Crippen MR) is 90.1 cm³/mol. The lowest BCUT2D eigenvalue weighted by atomic mass is 10.2. The molecule has 0 aliphatic rings. The van der Waals surface area contributed by atoms with E-state index in [4.69, 9.17) is 0 Å². The molecule has 0 unspecified atom stereocenters. The Labute approximate surface area is 141 Å². The van der Waals surface area contributed by atoms with E-state index < -0.39 is 10.5 Å². The topological polar surface area (TPSA) is 126 Å². The van der Waals surface area contributed by atoms with E-state index in [9.17, 15) is 20.0 Å². The molecule has 9 heteroatoms. The number of aromatic nitrogens is 2. The Morgan fingerprint density at radius 2 is 1.88 bits per heavy atom. The van der Waals surface area contributed by atoms with Gasteiger partial charge in [0.25, 0.3) is 11.2 Å². The van der Waals surface area contributed by atoms with Crippen molar-refractivity contribution in [1.29, 1.82) is 0 Å². The van der Waals surface area contributed by atoms with Crippen molar-refractivity contribution in [2.45, 2.75) is 6.92 Å². The van der Waals surface area contributed by atoms with Crippen LogP contribution in [0.15, 0.2) is 63.6 Å². The van der Waals surface area contributed by atoms with Gasteiger partial charge < -0.3 is 5.11 Å². The van der Waals surface area contributed by atoms with Crippen molar-refractivity contribution in [3.8, 4) is 11.4 Å². The van der Waals surface area contributed by atoms with Crippen LogP contribution in [0.4, 0.5) is 17.1 Å². The van der Waals surface area contributed by atoms with Crippen molar-refractivity contribution in [3.63, 3.8) is 0 Å². The van der Waals surface area contributed by atoms with Crippen molar-refractivity contribution < 1.29 is 10.0 Å². The predicted octanol–water partition coefficient (Wildman–Crippen LogP) is 3.50. The third kappa shape index (κ3) is 3.15. The highest BCUT2D eigenvalue weighted by Crippen LogP contribution is 2.31. The number of rotatable bonds is 4. The second-order valence-electron chi connectivity index (χ2n) is 5.19. The summed E-state index contributed by atoms with van der Waals surface area (Å²) >= 11 is 0. The molecule has 25 heavy (non-hydrogen) atoms. The SMILES string of the molecule is Cc1[nH]n(-c2ccccc2)c(=O)c1N=Nc1cc([N+](=O)[O-])ccc1O. The molecule has 0 radical (unpaired) electrons. The Hall–Kier alpha value is -3.75. The van der Waals surface area contributed by atoms with Crippen LogP contribution in [0.1, 0.15) is 5.69 Å². The summed E-state index contributed by atoms with van der Waals surface area (Å²) < 4.78 is 1.32. The van der Waals surface area contributed by atoms with Gasteiger partial charge in [-0.05, 0) is 25.1 Å². The first-order chi connectivity index (χ1) is 12.0. The minimum absolute atomic E-state index is 0.0507. The number of phenolic OH excluding ortho intramolecular Hbond substituents is 1. The summed E-state index contributed by atoms with van der Waals surface area (Å²) in [4.78, 5) is 22.7. The standard InChI is InChI=1S/C16H13N5O4/c1-10-15(16(23)20(19-10)11-5-3-2-4-6-11)18-17-13-9-12(21(24)25)7-8-14(13)22/h2-9,19,22H,1H3. The molecule has 0 atom stereocenters. The van der Waals surface area contributed by atoms with E-state index in [0.29, 0.717) is 11.4 Å². The van der Waals surface area contributed by atoms with Gasteiger partial charge in [-0.1, -0.05) is 18.2 Å². The third-order valence-corrected chi connectivity index (χ3v) is 3.48. The molecule has 3 aromatic rings. The van der Waals surface area contributed by atoms with Gasteiger partial charge in [0.1, 0.15) is 11.4 Å². The highest BCUT2D eigenvalue weighted by atomic mass is 16.6. The van der Waals surface area contributed by atoms with E-state index in [-0.39, 0.29) is 22.8 Å². The first-order valence-electron chi connectivity index (χ1n) is 7.23. The molecule has 0 saturated carbocycles. The molecule has 0 aliphatic heterocycles. The van der Waals surface area contributed by atoms with Crippen molar-refractivity contribution in [3.05, 3.63) is 74.7 Å². The van der Waals surface area contributed by atoms with E-state index in [1.165, 1.54) is 4.68 Å². The number of phenols is 1. The van der Waals surface area contributed by atoms with E-state index in [2.05, 4.69) is 15.3 Å². The number of nitro groups is 1. The number of aromatic hydroxyl groups is 1. The Morgan fingerprint density at radius 3 is 2.56 bits per heavy atom. The lowest BCUT2D eigenvalue weighted by Crippen LogP contribution is -2.13. The van der Waals surface area contributed by atoms with Crippen LogP contribution in [0.25, 0.3) is 5.69 Å². The molecular weight excluding hydrogens is 326 g/mol. The van der Waals surface area contributed by atoms with E-state index in [1.807, 2.05) is 6.07 Å². The zero-order valence-electron chi connectivity index (χ0n) is 13.1. The number of azo groups is 1. The van der Waals surface area contributed by atoms with Crippen LogP contribution < -0.4 is 5.56 Å². The minimum atomic E-state index is -0.609. The largest absolute Gasteiger partial charge is 0.506 e. The highest BCUT2D eigenvalue weighted by molar-refractivity contribution is 5.57. The van der Waals surface area contributed by atoms with Crippen molar-refractivity contribution >= 4 is 17.1 Å². The Balaban J connectivity index is 2.01. The monoisotopic (exact) mass is 339 g/mol. The average molecular weight is 339 g/mol. The molecule has 2 N–H and O–H groups in total. The molecule has 9 nitrogen and oxygen atoms in total. The molecule has 3 rings (SSSR count). The quantitative estimate of drug-likeness (QED) is 0.428. The van der Waals surface area contributed by atoms with Crippen molar-refractivity contribution in [2.24, 2.45) is 10.2 Å². The fraction of sp³-hybridized carbons (Fsp3) is 0.0625. The van der Waals surface area contributed by atoms with Crippen LogP contribution >= 0.6 is 0 Å². The second kappa shape index (κ2) is 6.40. The van der Waals surface area contributed by atoms with Gasteiger partial charge in [0.05, 0.1) is 16.3 Å². The number of non-ortho nitro benzene ring substituents is 1. The number of hydrogen-bond acceptors (Lipinski definition) is 6. The molecule has 0 bridgehead atoms. The van der Waals surface area contributed by atoms with Gasteiger partial charge in [-0.3, -0.25) is 20.0 Å². The molecule has 126 valence electrons. The summed E-state index contributed by atoms with van der Waals surface area (Å²) in [6, 6.07) is 12.3. The van der Waals surface area contributed by atoms with Crippen LogP contribution in [0.5, 0.6) is 5.75 Å². The van der Waals surface area contributed by atoms with Crippen LogP contribution in [0.3, 0.4) is 0 Å². The normalized spacial score (nSPS) is 11.1. The number of nitrogens with zero attached hydrogens (tertiary/aromatic N) is 4. The summed E-state index contributed by atoms with van der Waals surface area (Å²) in [6.07, 6.45) is 0. The molecule has 0 aliphatic carbocycles. The highest BCUT2D eigenvalue weighted by Gasteiger charge is 2.13. The molecule has 0 saturated heterocycles. The van der Waals surface area contributed by atoms with Gasteiger partial charge in [-0.15, -0.1) is 10.2 Å². The summed E-state index contributed by atoms with van der Waals surface area (Å²) in [6.45, 7) is 1.66. The van der Waals surface area contributed by atoms with Gasteiger partial charge in [-0.25, -0.2) is 4.68 Å². The number of para-hydroxylation sites is 1. The number of hydrogen-bond donors (Lipinski definition) is 2. The van der Waals surface area contributed by atoms with Crippen molar-refractivity contribution in [2.75, 3.05) is 0 Å². The number of nitro benzene ring substituents is 1. The zero-order valence-corrected chi connectivity index (χ0v) is 13.1. The maximum absolute atomic E-state index is 12.5. The number of benzene rings is 2. The fourth-order valence-electron chi connectivity index (χ4n) is 2.22. The molecule has 0 spiro atoms. The summed E-state index contributed by atoms with van der Waals surface area (Å²) in [5.41, 5.74) is 0.407. The maximum atomic E-state index is 12.5. The van der Waals surface area contributed by atoms with Crippen LogP contribution in [-0.2, 0) is 0 Å². The Bertz CT molecular complexity index is 1020. The number of nitrogens with one attached hydrogen (secondary N) is 1. The number of aryl methyl sites for hydroxylation is 1. The Morgan fingerprint density at radius 1 is 1.16 bits per heavy atom. The van der Waals surface area contributed by atoms with Crippen LogP contribution in [-0.4, -0.2) is 19.8 Å². The zero-order chi connectivity index (χ0) is 18.0. The van der Waals surface area contributed by atoms with Gasteiger partial charge in [0.2, 0.25) is 0 Å². The van der Waals surface area contributed by atoms with Crippen molar-refractivity contribution in [1.82, 2.24) is 9.78 Å². The molecule has 0 amide bonds. The first kappa shape index (κ1) is 16.1. The first-order valence-corrected chi connectivity index (χ1v) is 7.23. The molecule has 1 heterocycles. The molecule has 2 aromatic carbocycles. The summed E-state index contributed by atoms with van der Waals surface area (Å²) in [5.74, 6) is -0.272. The lowest BCUT2D eigenvalue weighted by Gasteiger charge is -1.99. The van der Waals surface area contributed by atoms with Gasteiger partial charge in [0, 0.05) is 12.1 Å². The van der Waals surface area contributed by atoms with Gasteiger partial charge >= 0.3 is 0 Å². The van der Waals surface area contributed by atoms with Crippen LogP contribution in [0, 0.1) is 17.0 Å². The van der Waals surface area contributed by atoms with E-state index in [0.717, 1.165) is 18.2 Å². The van der Waals surface area contributed by atoms with E-state index in [1.54, 1.807) is 31.2 Å². The maximum Gasteiger partial charge on any atom is 0.299 e. The molecular formula is C16H13N5O4. The Kier molecular flexibility index (Phi) is 4.12. The summed E-state index contributed by atoms with van der Waals surface area (Å²) in [7, 11) is 0. The fourth-order valence-corrected chi connectivity index (χ4v) is 2.22. The minimum Gasteiger partial charge on any atom is -0.506 e. The smallest absolute Gasteiger partial charge is 0.299 e. The molecule has 0 fully saturated rings. The number of H-pyrrole nitrogens is 1. The average Bonchev–Trinajstić information content (AvgIpc) is 2.89. The van der Waals surface area contributed by atoms with Gasteiger partial charge in [-0.2, -0.15) is 0 Å².